The molecule has 15 heavy (non-hydrogen) atoms. The summed E-state index contributed by atoms with van der Waals surface area (Å²) in [5.41, 5.74) is 5.47. The third-order valence-corrected chi connectivity index (χ3v) is 3.10. The molecule has 5 nitrogen and oxygen atoms in total. The lowest BCUT2D eigenvalue weighted by atomic mass is 10.2. The van der Waals surface area contributed by atoms with Crippen LogP contribution in [-0.4, -0.2) is 35.9 Å². The van der Waals surface area contributed by atoms with Crippen LogP contribution in [0, 0.1) is 11.3 Å². The van der Waals surface area contributed by atoms with Gasteiger partial charge < -0.3 is 16.0 Å². The van der Waals surface area contributed by atoms with Gasteiger partial charge in [0.25, 0.3) is 0 Å². The molecule has 2 aliphatic rings. The highest BCUT2D eigenvalue weighted by molar-refractivity contribution is 5.88. The van der Waals surface area contributed by atoms with E-state index < -0.39 is 0 Å². The molecule has 2 rings (SSSR count). The summed E-state index contributed by atoms with van der Waals surface area (Å²) in [5, 5.41) is 10.3. The van der Waals surface area contributed by atoms with Gasteiger partial charge in [0.1, 0.15) is 5.84 Å². The monoisotopic (exact) mass is 210 g/mol. The van der Waals surface area contributed by atoms with Crippen LogP contribution in [0.3, 0.4) is 0 Å². The summed E-state index contributed by atoms with van der Waals surface area (Å²) >= 11 is 0. The number of hydrogen-bond acceptors (Lipinski definition) is 2. The number of amides is 2. The van der Waals surface area contributed by atoms with Crippen molar-refractivity contribution in [1.29, 1.82) is 5.41 Å². The van der Waals surface area contributed by atoms with Gasteiger partial charge >= 0.3 is 6.03 Å². The number of rotatable bonds is 3. The van der Waals surface area contributed by atoms with Crippen molar-refractivity contribution in [2.45, 2.75) is 31.7 Å². The van der Waals surface area contributed by atoms with Crippen LogP contribution in [0.5, 0.6) is 0 Å². The summed E-state index contributed by atoms with van der Waals surface area (Å²) in [6, 6.07) is -0.294. The molecular weight excluding hydrogens is 192 g/mol. The molecule has 1 atom stereocenters. The molecule has 0 spiro atoms. The molecule has 0 aromatic rings. The lowest BCUT2D eigenvalue weighted by molar-refractivity contribution is 0.206. The Labute approximate surface area is 89.5 Å². The number of nitrogens with zero attached hydrogens (tertiary/aromatic N) is 1. The lowest BCUT2D eigenvalue weighted by Gasteiger charge is -2.22. The number of urea groups is 1. The minimum absolute atomic E-state index is 0.0559. The molecule has 1 saturated heterocycles. The van der Waals surface area contributed by atoms with E-state index in [-0.39, 0.29) is 17.9 Å². The van der Waals surface area contributed by atoms with Gasteiger partial charge in [-0.1, -0.05) is 0 Å². The Morgan fingerprint density at radius 1 is 1.40 bits per heavy atom. The third-order valence-electron chi connectivity index (χ3n) is 3.10. The van der Waals surface area contributed by atoms with Crippen LogP contribution in [0.15, 0.2) is 0 Å². The van der Waals surface area contributed by atoms with E-state index in [1.807, 2.05) is 0 Å². The lowest BCUT2D eigenvalue weighted by Crippen LogP contribution is -2.50. The molecule has 0 aromatic carbocycles. The highest BCUT2D eigenvalue weighted by atomic mass is 16.2. The summed E-state index contributed by atoms with van der Waals surface area (Å²) in [6.07, 6.45) is 4.32. The molecule has 2 amide bonds. The molecule has 0 aromatic heterocycles. The Morgan fingerprint density at radius 3 is 2.47 bits per heavy atom. The van der Waals surface area contributed by atoms with E-state index in [2.05, 4.69) is 5.32 Å². The smallest absolute Gasteiger partial charge is 0.317 e. The van der Waals surface area contributed by atoms with Gasteiger partial charge in [-0.15, -0.1) is 0 Å². The van der Waals surface area contributed by atoms with Crippen LogP contribution in [0.2, 0.25) is 0 Å². The number of nitrogens with two attached hydrogens (primary N) is 1. The van der Waals surface area contributed by atoms with Crippen LogP contribution >= 0.6 is 0 Å². The maximum Gasteiger partial charge on any atom is 0.317 e. The Balaban J connectivity index is 1.87. The van der Waals surface area contributed by atoms with Crippen molar-refractivity contribution < 1.29 is 4.79 Å². The van der Waals surface area contributed by atoms with Gasteiger partial charge in [0.15, 0.2) is 0 Å². The van der Waals surface area contributed by atoms with Gasteiger partial charge in [-0.05, 0) is 31.6 Å². The molecule has 2 fully saturated rings. The van der Waals surface area contributed by atoms with Gasteiger partial charge in [-0.25, -0.2) is 4.79 Å². The first-order chi connectivity index (χ1) is 7.18. The van der Waals surface area contributed by atoms with Crippen molar-refractivity contribution in [2.75, 3.05) is 13.1 Å². The van der Waals surface area contributed by atoms with Gasteiger partial charge in [0.05, 0.1) is 6.04 Å². The van der Waals surface area contributed by atoms with Crippen molar-refractivity contribution in [3.63, 3.8) is 0 Å². The highest BCUT2D eigenvalue weighted by Crippen LogP contribution is 2.32. The first-order valence-corrected chi connectivity index (χ1v) is 5.58. The molecule has 84 valence electrons. The highest BCUT2D eigenvalue weighted by Gasteiger charge is 2.35. The van der Waals surface area contributed by atoms with Gasteiger partial charge in [0, 0.05) is 13.1 Å². The van der Waals surface area contributed by atoms with Crippen molar-refractivity contribution in [1.82, 2.24) is 10.2 Å². The van der Waals surface area contributed by atoms with E-state index in [4.69, 9.17) is 11.1 Å². The van der Waals surface area contributed by atoms with Crippen molar-refractivity contribution in [2.24, 2.45) is 11.7 Å². The topological polar surface area (TPSA) is 82.2 Å². The molecule has 1 saturated carbocycles. The summed E-state index contributed by atoms with van der Waals surface area (Å²) in [7, 11) is 0. The molecule has 1 unspecified atom stereocenters. The van der Waals surface area contributed by atoms with Crippen molar-refractivity contribution >= 4 is 11.9 Å². The Kier molecular flexibility index (Phi) is 2.79. The molecule has 1 aliphatic carbocycles. The Hall–Kier alpha value is -1.26. The zero-order valence-electron chi connectivity index (χ0n) is 8.83. The van der Waals surface area contributed by atoms with E-state index in [1.54, 1.807) is 4.90 Å². The minimum Gasteiger partial charge on any atom is -0.386 e. The average molecular weight is 210 g/mol. The normalized spacial score (nSPS) is 22.5. The second kappa shape index (κ2) is 4.08. The van der Waals surface area contributed by atoms with Crippen LogP contribution in [0.1, 0.15) is 25.7 Å². The van der Waals surface area contributed by atoms with Gasteiger partial charge in [-0.2, -0.15) is 0 Å². The number of nitrogens with one attached hydrogen (secondary N) is 2. The largest absolute Gasteiger partial charge is 0.386 e. The summed E-state index contributed by atoms with van der Waals surface area (Å²) < 4.78 is 0. The standard InChI is InChI=1S/C10H18N4O/c11-9(12)8(7-3-4-7)13-10(15)14-5-1-2-6-14/h7-8H,1-6H2,(H3,11,12)(H,13,15). The molecular formula is C10H18N4O. The van der Waals surface area contributed by atoms with Gasteiger partial charge in [-0.3, -0.25) is 5.41 Å². The van der Waals surface area contributed by atoms with E-state index in [9.17, 15) is 4.79 Å². The molecule has 5 heteroatoms. The fourth-order valence-electron chi connectivity index (χ4n) is 2.02. The SMILES string of the molecule is N=C(N)C(NC(=O)N1CCCC1)C1CC1. The first kappa shape index (κ1) is 10.3. The number of carbonyl (C=O) groups excluding carboxylic acids is 1. The molecule has 0 radical (unpaired) electrons. The van der Waals surface area contributed by atoms with E-state index in [0.29, 0.717) is 5.92 Å². The van der Waals surface area contributed by atoms with Crippen molar-refractivity contribution in [3.05, 3.63) is 0 Å². The maximum absolute atomic E-state index is 11.8. The zero-order chi connectivity index (χ0) is 10.8. The molecule has 4 N–H and O–H groups in total. The van der Waals surface area contributed by atoms with Gasteiger partial charge in [0.2, 0.25) is 0 Å². The second-order valence-electron chi connectivity index (χ2n) is 4.41. The van der Waals surface area contributed by atoms with Crippen molar-refractivity contribution in [3.8, 4) is 0 Å². The number of amidine groups is 1. The minimum atomic E-state index is -0.238. The average Bonchev–Trinajstić information content (AvgIpc) is 2.87. The molecule has 0 bridgehead atoms. The molecule has 1 aliphatic heterocycles. The van der Waals surface area contributed by atoms with Crippen LogP contribution in [0.25, 0.3) is 0 Å². The Morgan fingerprint density at radius 2 is 2.00 bits per heavy atom. The fourth-order valence-corrected chi connectivity index (χ4v) is 2.02. The summed E-state index contributed by atoms with van der Waals surface area (Å²) in [5.74, 6) is 0.485. The summed E-state index contributed by atoms with van der Waals surface area (Å²) in [4.78, 5) is 13.6. The predicted molar refractivity (Wildman–Crippen MR) is 57.8 cm³/mol. The fraction of sp³-hybridized carbons (Fsp3) is 0.800. The van der Waals surface area contributed by atoms with Crippen LogP contribution in [-0.2, 0) is 0 Å². The maximum atomic E-state index is 11.8. The zero-order valence-corrected chi connectivity index (χ0v) is 8.83. The third kappa shape index (κ3) is 2.40. The van der Waals surface area contributed by atoms with E-state index in [1.165, 1.54) is 0 Å². The number of carbonyl (C=O) groups is 1. The molecule has 1 heterocycles. The van der Waals surface area contributed by atoms with E-state index >= 15 is 0 Å². The van der Waals surface area contributed by atoms with Crippen LogP contribution < -0.4 is 11.1 Å². The van der Waals surface area contributed by atoms with Crippen LogP contribution in [0.4, 0.5) is 4.79 Å². The Bertz CT molecular complexity index is 269. The number of hydrogen-bond donors (Lipinski definition) is 3. The first-order valence-electron chi connectivity index (χ1n) is 5.58. The summed E-state index contributed by atoms with van der Waals surface area (Å²) in [6.45, 7) is 1.67. The predicted octanol–water partition coefficient (Wildman–Crippen LogP) is 0.506. The number of likely N-dealkylation sites (tertiary alicyclic amines) is 1. The quantitative estimate of drug-likeness (QED) is 0.468. The second-order valence-corrected chi connectivity index (χ2v) is 4.41. The van der Waals surface area contributed by atoms with E-state index in [0.717, 1.165) is 38.8 Å².